The number of amides is 1. The van der Waals surface area contributed by atoms with Crippen molar-refractivity contribution in [1.29, 1.82) is 0 Å². The predicted molar refractivity (Wildman–Crippen MR) is 88.6 cm³/mol. The first-order chi connectivity index (χ1) is 11.7. The van der Waals surface area contributed by atoms with Crippen molar-refractivity contribution in [3.05, 3.63) is 35.2 Å². The van der Waals surface area contributed by atoms with Crippen molar-refractivity contribution in [2.75, 3.05) is 19.7 Å². The topological polar surface area (TPSA) is 80.5 Å². The molecule has 1 N–H and O–H groups in total. The average Bonchev–Trinajstić information content (AvgIpc) is 3.23. The fourth-order valence-corrected chi connectivity index (χ4v) is 2.84. The van der Waals surface area contributed by atoms with E-state index in [2.05, 4.69) is 15.5 Å². The van der Waals surface area contributed by atoms with Crippen LogP contribution in [0.25, 0.3) is 11.4 Å². The van der Waals surface area contributed by atoms with E-state index in [1.165, 1.54) is 0 Å². The van der Waals surface area contributed by atoms with E-state index in [0.717, 1.165) is 12.0 Å². The minimum atomic E-state index is -0.263. The number of benzene rings is 1. The minimum Gasteiger partial charge on any atom is -0.450 e. The molecule has 0 bridgehead atoms. The van der Waals surface area contributed by atoms with Crippen molar-refractivity contribution < 1.29 is 14.1 Å². The third-order valence-electron chi connectivity index (χ3n) is 3.84. The zero-order valence-electron chi connectivity index (χ0n) is 13.4. The Morgan fingerprint density at radius 3 is 3.12 bits per heavy atom. The smallest absolute Gasteiger partial charge is 0.409 e. The molecule has 0 spiro atoms. The van der Waals surface area contributed by atoms with Crippen molar-refractivity contribution in [2.24, 2.45) is 0 Å². The Labute approximate surface area is 144 Å². The normalized spacial score (nSPS) is 17.2. The lowest BCUT2D eigenvalue weighted by atomic mass is 10.2. The Kier molecular flexibility index (Phi) is 5.32. The van der Waals surface area contributed by atoms with E-state index in [1.807, 2.05) is 18.2 Å². The average molecular weight is 351 g/mol. The maximum absolute atomic E-state index is 11.7. The summed E-state index contributed by atoms with van der Waals surface area (Å²) in [6, 6.07) is 7.54. The van der Waals surface area contributed by atoms with Crippen LogP contribution in [0.1, 0.15) is 19.2 Å². The highest BCUT2D eigenvalue weighted by Gasteiger charge is 2.27. The van der Waals surface area contributed by atoms with Crippen LogP contribution in [0, 0.1) is 0 Å². The fraction of sp³-hybridized carbons (Fsp3) is 0.438. The van der Waals surface area contributed by atoms with Crippen LogP contribution in [0.5, 0.6) is 0 Å². The summed E-state index contributed by atoms with van der Waals surface area (Å²) in [6.45, 7) is 3.93. The van der Waals surface area contributed by atoms with Gasteiger partial charge in [-0.05, 0) is 25.5 Å². The summed E-state index contributed by atoms with van der Waals surface area (Å²) in [7, 11) is 0. The highest BCUT2D eigenvalue weighted by Crippen LogP contribution is 2.24. The highest BCUT2D eigenvalue weighted by molar-refractivity contribution is 6.33. The zero-order valence-corrected chi connectivity index (χ0v) is 14.1. The molecule has 8 heteroatoms. The first-order valence-electron chi connectivity index (χ1n) is 7.90. The largest absolute Gasteiger partial charge is 0.450 e. The highest BCUT2D eigenvalue weighted by atomic mass is 35.5. The van der Waals surface area contributed by atoms with Crippen LogP contribution < -0.4 is 5.32 Å². The molecule has 0 radical (unpaired) electrons. The molecule has 1 amide bonds. The molecule has 2 aromatic rings. The van der Waals surface area contributed by atoms with Gasteiger partial charge in [-0.1, -0.05) is 28.9 Å². The summed E-state index contributed by atoms with van der Waals surface area (Å²) in [5.74, 6) is 0.955. The molecule has 1 atom stereocenters. The predicted octanol–water partition coefficient (Wildman–Crippen LogP) is 2.71. The van der Waals surface area contributed by atoms with Crippen molar-refractivity contribution in [3.8, 4) is 11.4 Å². The molecule has 3 rings (SSSR count). The lowest BCUT2D eigenvalue weighted by molar-refractivity contribution is 0.115. The van der Waals surface area contributed by atoms with E-state index in [0.29, 0.717) is 43.0 Å². The van der Waals surface area contributed by atoms with Gasteiger partial charge in [-0.3, -0.25) is 0 Å². The second-order valence-corrected chi connectivity index (χ2v) is 5.91. The molecule has 1 saturated heterocycles. The Bertz CT molecular complexity index is 706. The van der Waals surface area contributed by atoms with Crippen LogP contribution in [0.4, 0.5) is 4.79 Å². The molecule has 1 aromatic carbocycles. The van der Waals surface area contributed by atoms with Crippen molar-refractivity contribution in [1.82, 2.24) is 20.4 Å². The van der Waals surface area contributed by atoms with Crippen LogP contribution in [-0.2, 0) is 11.3 Å². The first kappa shape index (κ1) is 16.7. The molecular formula is C16H19ClN4O3. The van der Waals surface area contributed by atoms with Gasteiger partial charge >= 0.3 is 6.09 Å². The van der Waals surface area contributed by atoms with Crippen molar-refractivity contribution in [3.63, 3.8) is 0 Å². The van der Waals surface area contributed by atoms with Crippen LogP contribution >= 0.6 is 11.6 Å². The Morgan fingerprint density at radius 1 is 1.50 bits per heavy atom. The summed E-state index contributed by atoms with van der Waals surface area (Å²) < 4.78 is 10.3. The van der Waals surface area contributed by atoms with E-state index in [9.17, 15) is 4.79 Å². The lowest BCUT2D eigenvalue weighted by Crippen LogP contribution is -2.35. The molecule has 1 aromatic heterocycles. The summed E-state index contributed by atoms with van der Waals surface area (Å²) in [6.07, 6.45) is 0.602. The third-order valence-corrected chi connectivity index (χ3v) is 4.17. The second-order valence-electron chi connectivity index (χ2n) is 5.50. The summed E-state index contributed by atoms with van der Waals surface area (Å²) in [4.78, 5) is 17.7. The number of likely N-dealkylation sites (tertiary alicyclic amines) is 1. The number of hydrogen-bond acceptors (Lipinski definition) is 6. The molecular weight excluding hydrogens is 332 g/mol. The molecule has 0 aliphatic carbocycles. The van der Waals surface area contributed by atoms with Gasteiger partial charge < -0.3 is 19.5 Å². The van der Waals surface area contributed by atoms with Gasteiger partial charge in [-0.25, -0.2) is 4.79 Å². The monoisotopic (exact) mass is 350 g/mol. The van der Waals surface area contributed by atoms with Gasteiger partial charge in [-0.15, -0.1) is 0 Å². The van der Waals surface area contributed by atoms with Gasteiger partial charge in [-0.2, -0.15) is 4.98 Å². The second kappa shape index (κ2) is 7.63. The Hall–Kier alpha value is -2.12. The fourth-order valence-electron chi connectivity index (χ4n) is 2.62. The number of rotatable bonds is 5. The Morgan fingerprint density at radius 2 is 2.33 bits per heavy atom. The van der Waals surface area contributed by atoms with E-state index in [1.54, 1.807) is 17.9 Å². The standard InChI is InChI=1S/C16H19ClN4O3/c1-2-23-16(22)21-8-7-11(10-21)18-9-14-19-15(20-24-14)12-5-3-4-6-13(12)17/h3-6,11,18H,2,7-10H2,1H3. The van der Waals surface area contributed by atoms with Gasteiger partial charge in [0.25, 0.3) is 0 Å². The molecule has 24 heavy (non-hydrogen) atoms. The van der Waals surface area contributed by atoms with Gasteiger partial charge in [0.2, 0.25) is 11.7 Å². The molecule has 7 nitrogen and oxygen atoms in total. The maximum atomic E-state index is 11.7. The van der Waals surface area contributed by atoms with Crippen LogP contribution in [0.2, 0.25) is 5.02 Å². The van der Waals surface area contributed by atoms with Gasteiger partial charge in [0.1, 0.15) is 0 Å². The summed E-state index contributed by atoms with van der Waals surface area (Å²) >= 11 is 6.13. The van der Waals surface area contributed by atoms with Crippen molar-refractivity contribution in [2.45, 2.75) is 25.9 Å². The maximum Gasteiger partial charge on any atom is 0.409 e. The van der Waals surface area contributed by atoms with Gasteiger partial charge in [0, 0.05) is 24.7 Å². The number of carbonyl (C=O) groups excluding carboxylic acids is 1. The molecule has 1 unspecified atom stereocenters. The van der Waals surface area contributed by atoms with E-state index < -0.39 is 0 Å². The molecule has 1 aliphatic rings. The Balaban J connectivity index is 1.53. The molecule has 2 heterocycles. The lowest BCUT2D eigenvalue weighted by Gasteiger charge is -2.15. The zero-order chi connectivity index (χ0) is 16.9. The van der Waals surface area contributed by atoms with E-state index in [-0.39, 0.29) is 12.1 Å². The van der Waals surface area contributed by atoms with Crippen LogP contribution in [0.15, 0.2) is 28.8 Å². The SMILES string of the molecule is CCOC(=O)N1CCC(NCc2nc(-c3ccccc3Cl)no2)C1. The number of hydrogen-bond donors (Lipinski definition) is 1. The number of ether oxygens (including phenoxy) is 1. The summed E-state index contributed by atoms with van der Waals surface area (Å²) in [5, 5.41) is 7.87. The van der Waals surface area contributed by atoms with E-state index in [4.69, 9.17) is 20.9 Å². The molecule has 0 saturated carbocycles. The number of nitrogens with zero attached hydrogens (tertiary/aromatic N) is 3. The number of aromatic nitrogens is 2. The first-order valence-corrected chi connectivity index (χ1v) is 8.27. The third kappa shape index (κ3) is 3.85. The van der Waals surface area contributed by atoms with Crippen molar-refractivity contribution >= 4 is 17.7 Å². The van der Waals surface area contributed by atoms with E-state index >= 15 is 0 Å². The summed E-state index contributed by atoms with van der Waals surface area (Å²) in [5.41, 5.74) is 0.739. The van der Waals surface area contributed by atoms with Crippen LogP contribution in [0.3, 0.4) is 0 Å². The minimum absolute atomic E-state index is 0.185. The molecule has 128 valence electrons. The number of carbonyl (C=O) groups is 1. The quantitative estimate of drug-likeness (QED) is 0.893. The van der Waals surface area contributed by atoms with Gasteiger partial charge in [0.05, 0.1) is 18.2 Å². The molecule has 1 aliphatic heterocycles. The molecule has 1 fully saturated rings. The van der Waals surface area contributed by atoms with Crippen LogP contribution in [-0.4, -0.2) is 46.9 Å². The van der Waals surface area contributed by atoms with Gasteiger partial charge in [0.15, 0.2) is 0 Å². The number of nitrogens with one attached hydrogen (secondary N) is 1. The number of halogens is 1.